The molecule has 2 aromatic rings. The zero-order chi connectivity index (χ0) is 13.8. The fourth-order valence-corrected chi connectivity index (χ4v) is 2.85. The molecule has 0 N–H and O–H groups in total. The first-order valence-electron chi connectivity index (χ1n) is 7.49. The molecule has 0 atom stereocenters. The molecule has 0 bridgehead atoms. The number of benzene rings is 1. The highest BCUT2D eigenvalue weighted by Gasteiger charge is 2.19. The Labute approximate surface area is 119 Å². The Bertz CT molecular complexity index is 546. The van der Waals surface area contributed by atoms with E-state index in [1.807, 2.05) is 22.9 Å². The van der Waals surface area contributed by atoms with Gasteiger partial charge in [0.05, 0.1) is 18.2 Å². The zero-order valence-corrected chi connectivity index (χ0v) is 12.0. The van der Waals surface area contributed by atoms with Crippen LogP contribution in [0.5, 0.6) is 0 Å². The van der Waals surface area contributed by atoms with Gasteiger partial charge in [0, 0.05) is 26.2 Å². The minimum Gasteiger partial charge on any atom is -0.378 e. The summed E-state index contributed by atoms with van der Waals surface area (Å²) in [7, 11) is 0. The average Bonchev–Trinajstić information content (AvgIpc) is 2.90. The molecule has 0 aliphatic carbocycles. The Morgan fingerprint density at radius 3 is 2.80 bits per heavy atom. The van der Waals surface area contributed by atoms with Gasteiger partial charge in [0.1, 0.15) is 5.52 Å². The van der Waals surface area contributed by atoms with E-state index in [2.05, 4.69) is 28.2 Å². The monoisotopic (exact) mass is 274 g/mol. The number of hydrogen-bond donors (Lipinski definition) is 0. The van der Waals surface area contributed by atoms with Crippen LogP contribution in [0.4, 0.5) is 0 Å². The fourth-order valence-electron chi connectivity index (χ4n) is 2.85. The predicted molar refractivity (Wildman–Crippen MR) is 78.6 cm³/mol. The number of fused-ring (bicyclic) bond motifs is 1. The number of likely N-dealkylation sites (tertiary alicyclic amines) is 1. The van der Waals surface area contributed by atoms with E-state index in [0.717, 1.165) is 56.7 Å². The van der Waals surface area contributed by atoms with Crippen molar-refractivity contribution in [3.8, 4) is 0 Å². The van der Waals surface area contributed by atoms with Gasteiger partial charge in [-0.2, -0.15) is 0 Å². The number of rotatable bonds is 5. The highest BCUT2D eigenvalue weighted by atomic mass is 16.5. The van der Waals surface area contributed by atoms with Crippen LogP contribution < -0.4 is 0 Å². The molecule has 1 saturated heterocycles. The molecule has 0 saturated carbocycles. The lowest BCUT2D eigenvalue weighted by molar-refractivity contribution is 0.0135. The summed E-state index contributed by atoms with van der Waals surface area (Å²) in [5.41, 5.74) is 2.10. The third-order valence-electron chi connectivity index (χ3n) is 3.99. The van der Waals surface area contributed by atoms with E-state index in [-0.39, 0.29) is 0 Å². The highest BCUT2D eigenvalue weighted by Crippen LogP contribution is 2.14. The van der Waals surface area contributed by atoms with Crippen molar-refractivity contribution in [3.63, 3.8) is 0 Å². The van der Waals surface area contributed by atoms with E-state index in [0.29, 0.717) is 6.10 Å². The van der Waals surface area contributed by atoms with E-state index in [9.17, 15) is 0 Å². The van der Waals surface area contributed by atoms with Crippen molar-refractivity contribution < 1.29 is 4.74 Å². The number of piperidine rings is 1. The highest BCUT2D eigenvalue weighted by molar-refractivity contribution is 5.73. The smallest absolute Gasteiger partial charge is 0.113 e. The van der Waals surface area contributed by atoms with Gasteiger partial charge in [0.15, 0.2) is 0 Å². The lowest BCUT2D eigenvalue weighted by Gasteiger charge is -2.31. The van der Waals surface area contributed by atoms with Gasteiger partial charge < -0.3 is 9.64 Å². The van der Waals surface area contributed by atoms with Gasteiger partial charge >= 0.3 is 0 Å². The number of ether oxygens (including phenoxy) is 1. The molecule has 2 heterocycles. The molecule has 1 aliphatic rings. The molecular weight excluding hydrogens is 252 g/mol. The molecule has 0 amide bonds. The summed E-state index contributed by atoms with van der Waals surface area (Å²) in [6.45, 7) is 7.08. The van der Waals surface area contributed by atoms with Crippen LogP contribution in [-0.2, 0) is 11.3 Å². The first-order chi connectivity index (χ1) is 9.86. The zero-order valence-electron chi connectivity index (χ0n) is 12.0. The van der Waals surface area contributed by atoms with E-state index in [4.69, 9.17) is 4.74 Å². The summed E-state index contributed by atoms with van der Waals surface area (Å²) in [6, 6.07) is 8.12. The van der Waals surface area contributed by atoms with Gasteiger partial charge in [0.2, 0.25) is 0 Å². The average molecular weight is 274 g/mol. The Morgan fingerprint density at radius 2 is 2.00 bits per heavy atom. The number of para-hydroxylation sites is 1. The van der Waals surface area contributed by atoms with Crippen molar-refractivity contribution >= 4 is 11.0 Å². The standard InChI is InChI=1S/C15H22N4O/c1-2-20-13-7-9-18(10-8-13)11-12-19-15-6-4-3-5-14(15)16-17-19/h3-6,13H,2,7-12H2,1H3. The van der Waals surface area contributed by atoms with Crippen LogP contribution in [0.2, 0.25) is 0 Å². The largest absolute Gasteiger partial charge is 0.378 e. The molecule has 108 valence electrons. The van der Waals surface area contributed by atoms with E-state index < -0.39 is 0 Å². The number of aromatic nitrogens is 3. The number of nitrogens with zero attached hydrogens (tertiary/aromatic N) is 4. The molecule has 1 aromatic carbocycles. The van der Waals surface area contributed by atoms with Crippen LogP contribution in [-0.4, -0.2) is 52.2 Å². The van der Waals surface area contributed by atoms with Gasteiger partial charge in [-0.1, -0.05) is 17.3 Å². The Morgan fingerprint density at radius 1 is 1.20 bits per heavy atom. The fraction of sp³-hybridized carbons (Fsp3) is 0.600. The molecule has 1 fully saturated rings. The van der Waals surface area contributed by atoms with Crippen LogP contribution in [0.3, 0.4) is 0 Å². The third-order valence-corrected chi connectivity index (χ3v) is 3.99. The minimum atomic E-state index is 0.462. The lowest BCUT2D eigenvalue weighted by atomic mass is 10.1. The maximum Gasteiger partial charge on any atom is 0.113 e. The van der Waals surface area contributed by atoms with E-state index in [1.54, 1.807) is 0 Å². The topological polar surface area (TPSA) is 43.2 Å². The van der Waals surface area contributed by atoms with Gasteiger partial charge in [-0.05, 0) is 31.9 Å². The molecule has 5 heteroatoms. The number of hydrogen-bond acceptors (Lipinski definition) is 4. The van der Waals surface area contributed by atoms with Gasteiger partial charge in [-0.15, -0.1) is 5.10 Å². The summed E-state index contributed by atoms with van der Waals surface area (Å²) in [5, 5.41) is 8.43. The second-order valence-corrected chi connectivity index (χ2v) is 5.30. The molecule has 0 radical (unpaired) electrons. The summed E-state index contributed by atoms with van der Waals surface area (Å²) >= 11 is 0. The van der Waals surface area contributed by atoms with Crippen LogP contribution in [0, 0.1) is 0 Å². The first kappa shape index (κ1) is 13.5. The van der Waals surface area contributed by atoms with Gasteiger partial charge in [-0.3, -0.25) is 0 Å². The summed E-state index contributed by atoms with van der Waals surface area (Å²) in [4.78, 5) is 2.49. The quantitative estimate of drug-likeness (QED) is 0.835. The first-order valence-corrected chi connectivity index (χ1v) is 7.49. The van der Waals surface area contributed by atoms with E-state index >= 15 is 0 Å². The molecule has 5 nitrogen and oxygen atoms in total. The Kier molecular flexibility index (Phi) is 4.28. The lowest BCUT2D eigenvalue weighted by Crippen LogP contribution is -2.38. The van der Waals surface area contributed by atoms with Crippen molar-refractivity contribution in [2.75, 3.05) is 26.2 Å². The third kappa shape index (κ3) is 2.99. The molecule has 1 aromatic heterocycles. The molecule has 0 spiro atoms. The van der Waals surface area contributed by atoms with Crippen LogP contribution in [0.1, 0.15) is 19.8 Å². The van der Waals surface area contributed by atoms with Gasteiger partial charge in [0.25, 0.3) is 0 Å². The van der Waals surface area contributed by atoms with Crippen molar-refractivity contribution in [1.29, 1.82) is 0 Å². The summed E-state index contributed by atoms with van der Waals surface area (Å²) in [5.74, 6) is 0. The van der Waals surface area contributed by atoms with Crippen LogP contribution in [0.25, 0.3) is 11.0 Å². The molecule has 3 rings (SSSR count). The normalized spacial score (nSPS) is 17.9. The van der Waals surface area contributed by atoms with E-state index in [1.165, 1.54) is 0 Å². The molecule has 20 heavy (non-hydrogen) atoms. The summed E-state index contributed by atoms with van der Waals surface area (Å²) < 4.78 is 7.69. The Hall–Kier alpha value is -1.46. The second-order valence-electron chi connectivity index (χ2n) is 5.30. The van der Waals surface area contributed by atoms with Crippen LogP contribution in [0.15, 0.2) is 24.3 Å². The maximum atomic E-state index is 5.68. The SMILES string of the molecule is CCOC1CCN(CCn2nnc3ccccc32)CC1. The molecular formula is C15H22N4O. The van der Waals surface area contributed by atoms with Crippen molar-refractivity contribution in [3.05, 3.63) is 24.3 Å². The molecule has 0 unspecified atom stereocenters. The Balaban J connectivity index is 1.53. The van der Waals surface area contributed by atoms with Crippen molar-refractivity contribution in [1.82, 2.24) is 19.9 Å². The van der Waals surface area contributed by atoms with Crippen LogP contribution >= 0.6 is 0 Å². The van der Waals surface area contributed by atoms with Crippen molar-refractivity contribution in [2.24, 2.45) is 0 Å². The minimum absolute atomic E-state index is 0.462. The van der Waals surface area contributed by atoms with Gasteiger partial charge in [-0.25, -0.2) is 4.68 Å². The maximum absolute atomic E-state index is 5.68. The van der Waals surface area contributed by atoms with Crippen molar-refractivity contribution in [2.45, 2.75) is 32.4 Å². The summed E-state index contributed by atoms with van der Waals surface area (Å²) in [6.07, 6.45) is 2.75. The predicted octanol–water partition coefficient (Wildman–Crippen LogP) is 1.93. The molecule has 1 aliphatic heterocycles. The second kappa shape index (κ2) is 6.33.